The Kier molecular flexibility index (Phi) is 6.54. The molecule has 1 fully saturated rings. The Morgan fingerprint density at radius 1 is 0.970 bits per heavy atom. The molecular formula is C27H30N2O4. The van der Waals surface area contributed by atoms with Crippen LogP contribution in [0.25, 0.3) is 11.1 Å². The summed E-state index contributed by atoms with van der Waals surface area (Å²) in [5, 5.41) is 0. The molecule has 1 atom stereocenters. The predicted octanol–water partition coefficient (Wildman–Crippen LogP) is 5.37. The zero-order chi connectivity index (χ0) is 23.4. The van der Waals surface area contributed by atoms with Gasteiger partial charge < -0.3 is 19.1 Å². The van der Waals surface area contributed by atoms with Crippen LogP contribution in [0.4, 0.5) is 5.69 Å². The van der Waals surface area contributed by atoms with E-state index in [4.69, 9.17) is 14.2 Å². The normalized spacial score (nSPS) is 16.1. The molecule has 1 aliphatic heterocycles. The number of ether oxygens (including phenoxy) is 3. The van der Waals surface area contributed by atoms with E-state index < -0.39 is 6.10 Å². The van der Waals surface area contributed by atoms with Gasteiger partial charge in [-0.3, -0.25) is 9.78 Å². The molecule has 1 amide bonds. The molecule has 172 valence electrons. The van der Waals surface area contributed by atoms with Gasteiger partial charge >= 0.3 is 0 Å². The average molecular weight is 447 g/mol. The van der Waals surface area contributed by atoms with E-state index in [-0.39, 0.29) is 11.3 Å². The highest BCUT2D eigenvalue weighted by Crippen LogP contribution is 2.35. The van der Waals surface area contributed by atoms with Gasteiger partial charge in [0.2, 0.25) is 0 Å². The van der Waals surface area contributed by atoms with Crippen molar-refractivity contribution < 1.29 is 19.0 Å². The molecule has 0 radical (unpaired) electrons. The molecule has 1 aliphatic rings. The molecule has 0 bridgehead atoms. The molecule has 2 heterocycles. The SMILES string of the molecule is COc1cc(N2CCC(Oc3ccc(-c4ccncc4)cc3)C2=O)ccc1OCC(C)(C)C. The summed E-state index contributed by atoms with van der Waals surface area (Å²) in [5.41, 5.74) is 2.97. The van der Waals surface area contributed by atoms with E-state index in [0.29, 0.717) is 36.8 Å². The summed E-state index contributed by atoms with van der Waals surface area (Å²) in [5.74, 6) is 1.90. The minimum Gasteiger partial charge on any atom is -0.493 e. The van der Waals surface area contributed by atoms with Crippen LogP contribution in [0.1, 0.15) is 27.2 Å². The summed E-state index contributed by atoms with van der Waals surface area (Å²) in [6, 6.07) is 17.3. The van der Waals surface area contributed by atoms with Crippen molar-refractivity contribution in [1.82, 2.24) is 4.98 Å². The van der Waals surface area contributed by atoms with Crippen LogP contribution < -0.4 is 19.1 Å². The van der Waals surface area contributed by atoms with Crippen molar-refractivity contribution in [2.75, 3.05) is 25.2 Å². The average Bonchev–Trinajstić information content (AvgIpc) is 3.18. The van der Waals surface area contributed by atoms with Gasteiger partial charge in [-0.05, 0) is 52.9 Å². The van der Waals surface area contributed by atoms with E-state index in [1.165, 1.54) is 0 Å². The second-order valence-electron chi connectivity index (χ2n) is 9.33. The molecule has 33 heavy (non-hydrogen) atoms. The maximum atomic E-state index is 13.1. The monoisotopic (exact) mass is 446 g/mol. The summed E-state index contributed by atoms with van der Waals surface area (Å²) < 4.78 is 17.5. The Bertz CT molecular complexity index is 1090. The predicted molar refractivity (Wildman–Crippen MR) is 129 cm³/mol. The highest BCUT2D eigenvalue weighted by atomic mass is 16.5. The lowest BCUT2D eigenvalue weighted by Crippen LogP contribution is -2.32. The molecular weight excluding hydrogens is 416 g/mol. The number of nitrogens with zero attached hydrogens (tertiary/aromatic N) is 2. The Hall–Kier alpha value is -3.54. The van der Waals surface area contributed by atoms with Gasteiger partial charge in [0.1, 0.15) is 5.75 Å². The summed E-state index contributed by atoms with van der Waals surface area (Å²) in [6.07, 6.45) is 3.64. The number of carbonyl (C=O) groups excluding carboxylic acids is 1. The number of hydrogen-bond acceptors (Lipinski definition) is 5. The number of hydrogen-bond donors (Lipinski definition) is 0. The lowest BCUT2D eigenvalue weighted by atomic mass is 9.99. The highest BCUT2D eigenvalue weighted by molar-refractivity contribution is 5.99. The number of pyridine rings is 1. The fourth-order valence-corrected chi connectivity index (χ4v) is 3.69. The first-order chi connectivity index (χ1) is 15.8. The maximum absolute atomic E-state index is 13.1. The van der Waals surface area contributed by atoms with Crippen LogP contribution in [0.5, 0.6) is 17.2 Å². The summed E-state index contributed by atoms with van der Waals surface area (Å²) in [6.45, 7) is 7.50. The molecule has 1 saturated heterocycles. The summed E-state index contributed by atoms with van der Waals surface area (Å²) in [4.78, 5) is 18.9. The zero-order valence-corrected chi connectivity index (χ0v) is 19.6. The van der Waals surface area contributed by atoms with Crippen LogP contribution in [0.15, 0.2) is 67.0 Å². The molecule has 6 heteroatoms. The summed E-state index contributed by atoms with van der Waals surface area (Å²) >= 11 is 0. The third-order valence-corrected chi connectivity index (χ3v) is 5.42. The Morgan fingerprint density at radius 3 is 2.33 bits per heavy atom. The van der Waals surface area contributed by atoms with Crippen molar-refractivity contribution in [3.05, 3.63) is 67.0 Å². The number of amides is 1. The van der Waals surface area contributed by atoms with E-state index in [1.54, 1.807) is 24.4 Å². The van der Waals surface area contributed by atoms with E-state index in [2.05, 4.69) is 25.8 Å². The third kappa shape index (κ3) is 5.45. The lowest BCUT2D eigenvalue weighted by molar-refractivity contribution is -0.122. The Balaban J connectivity index is 1.42. The van der Waals surface area contributed by atoms with Crippen molar-refractivity contribution in [3.63, 3.8) is 0 Å². The van der Waals surface area contributed by atoms with Gasteiger partial charge in [-0.1, -0.05) is 32.9 Å². The van der Waals surface area contributed by atoms with Crippen molar-refractivity contribution in [2.45, 2.75) is 33.3 Å². The molecule has 0 aliphatic carbocycles. The fraction of sp³-hybridized carbons (Fsp3) is 0.333. The van der Waals surface area contributed by atoms with Crippen molar-refractivity contribution in [1.29, 1.82) is 0 Å². The maximum Gasteiger partial charge on any atom is 0.268 e. The van der Waals surface area contributed by atoms with Crippen LogP contribution in [0, 0.1) is 5.41 Å². The zero-order valence-electron chi connectivity index (χ0n) is 19.6. The van der Waals surface area contributed by atoms with Gasteiger partial charge in [0.05, 0.1) is 13.7 Å². The molecule has 1 aromatic heterocycles. The summed E-state index contributed by atoms with van der Waals surface area (Å²) in [7, 11) is 1.61. The van der Waals surface area contributed by atoms with Gasteiger partial charge in [-0.15, -0.1) is 0 Å². The van der Waals surface area contributed by atoms with Gasteiger partial charge in [0, 0.05) is 37.1 Å². The van der Waals surface area contributed by atoms with Gasteiger partial charge in [0.25, 0.3) is 5.91 Å². The van der Waals surface area contributed by atoms with E-state index in [1.807, 2.05) is 54.6 Å². The van der Waals surface area contributed by atoms with E-state index in [9.17, 15) is 4.79 Å². The Morgan fingerprint density at radius 2 is 1.67 bits per heavy atom. The lowest BCUT2D eigenvalue weighted by Gasteiger charge is -2.22. The number of benzene rings is 2. The fourth-order valence-electron chi connectivity index (χ4n) is 3.69. The Labute approximate surface area is 195 Å². The number of aromatic nitrogens is 1. The second-order valence-corrected chi connectivity index (χ2v) is 9.33. The van der Waals surface area contributed by atoms with Crippen LogP contribution in [0.3, 0.4) is 0 Å². The quantitative estimate of drug-likeness (QED) is 0.489. The third-order valence-electron chi connectivity index (χ3n) is 5.42. The van der Waals surface area contributed by atoms with Crippen molar-refractivity contribution in [3.8, 4) is 28.4 Å². The molecule has 3 aromatic rings. The number of anilines is 1. The number of methoxy groups -OCH3 is 1. The van der Waals surface area contributed by atoms with Crippen LogP contribution in [-0.2, 0) is 4.79 Å². The minimum absolute atomic E-state index is 0.0374. The van der Waals surface area contributed by atoms with E-state index >= 15 is 0 Å². The van der Waals surface area contributed by atoms with Gasteiger partial charge in [0.15, 0.2) is 17.6 Å². The number of carbonyl (C=O) groups is 1. The molecule has 0 N–H and O–H groups in total. The molecule has 0 saturated carbocycles. The van der Waals surface area contributed by atoms with Gasteiger partial charge in [-0.2, -0.15) is 0 Å². The smallest absolute Gasteiger partial charge is 0.268 e. The van der Waals surface area contributed by atoms with Crippen molar-refractivity contribution in [2.24, 2.45) is 5.41 Å². The second kappa shape index (κ2) is 9.53. The molecule has 0 spiro atoms. The topological polar surface area (TPSA) is 60.9 Å². The molecule has 2 aromatic carbocycles. The van der Waals surface area contributed by atoms with Crippen LogP contribution in [0.2, 0.25) is 0 Å². The largest absolute Gasteiger partial charge is 0.493 e. The minimum atomic E-state index is -0.514. The highest BCUT2D eigenvalue weighted by Gasteiger charge is 2.34. The number of rotatable bonds is 7. The van der Waals surface area contributed by atoms with Crippen LogP contribution in [-0.4, -0.2) is 37.3 Å². The van der Waals surface area contributed by atoms with E-state index in [0.717, 1.165) is 16.8 Å². The first kappa shape index (κ1) is 22.6. The van der Waals surface area contributed by atoms with Crippen LogP contribution >= 0.6 is 0 Å². The van der Waals surface area contributed by atoms with Gasteiger partial charge in [-0.25, -0.2) is 0 Å². The van der Waals surface area contributed by atoms with Crippen molar-refractivity contribution >= 4 is 11.6 Å². The first-order valence-electron chi connectivity index (χ1n) is 11.1. The first-order valence-corrected chi connectivity index (χ1v) is 11.1. The molecule has 6 nitrogen and oxygen atoms in total. The standard InChI is InChI=1S/C27H30N2O4/c1-27(2,3)18-32-23-10-7-21(17-25(23)31-4)29-16-13-24(26(29)30)33-22-8-5-19(6-9-22)20-11-14-28-15-12-20/h5-12,14-15,17,24H,13,16,18H2,1-4H3. The molecule has 4 rings (SSSR count). The molecule has 1 unspecified atom stereocenters.